The number of para-hydroxylation sites is 1. The van der Waals surface area contributed by atoms with Gasteiger partial charge < -0.3 is 9.84 Å². The average molecular weight is 269 g/mol. The summed E-state index contributed by atoms with van der Waals surface area (Å²) in [6, 6.07) is 9.39. The minimum Gasteiger partial charge on any atom is -0.464 e. The molecule has 1 N–H and O–H groups in total. The van der Waals surface area contributed by atoms with E-state index in [9.17, 15) is 5.11 Å². The molecule has 2 atom stereocenters. The Kier molecular flexibility index (Phi) is 7.16. The number of hydrogen-bond donors (Lipinski definition) is 2. The largest absolute Gasteiger partial charge is 0.464 e. The van der Waals surface area contributed by atoms with E-state index < -0.39 is 6.29 Å². The Balaban J connectivity index is 2.39. The van der Waals surface area contributed by atoms with Gasteiger partial charge in [0.2, 0.25) is 6.29 Å². The number of nitrogens with zero attached hydrogens (tertiary/aromatic N) is 1. The second kappa shape index (κ2) is 8.40. The molecule has 0 aliphatic heterocycles. The second-order valence-electron chi connectivity index (χ2n) is 4.53. The van der Waals surface area contributed by atoms with Crippen LogP contribution in [0, 0.1) is 5.92 Å². The first kappa shape index (κ1) is 15.3. The van der Waals surface area contributed by atoms with Gasteiger partial charge in [-0.2, -0.15) is 12.6 Å². The highest BCUT2D eigenvalue weighted by Crippen LogP contribution is 2.11. The minimum atomic E-state index is -0.792. The van der Waals surface area contributed by atoms with Crippen molar-refractivity contribution in [2.75, 3.05) is 25.4 Å². The fourth-order valence-electron chi connectivity index (χ4n) is 1.75. The summed E-state index contributed by atoms with van der Waals surface area (Å²) < 4.78 is 5.46. The van der Waals surface area contributed by atoms with Crippen LogP contribution in [-0.4, -0.2) is 41.7 Å². The molecule has 0 saturated carbocycles. The third kappa shape index (κ3) is 5.76. The molecular weight excluding hydrogens is 246 g/mol. The summed E-state index contributed by atoms with van der Waals surface area (Å²) >= 11 is 4.28. The Bertz CT molecular complexity index is 321. The van der Waals surface area contributed by atoms with Gasteiger partial charge in [-0.15, -0.1) is 0 Å². The average Bonchev–Trinajstić information content (AvgIpc) is 2.38. The predicted octanol–water partition coefficient (Wildman–Crippen LogP) is 2.27. The molecule has 0 saturated heterocycles. The molecule has 1 aromatic rings. The zero-order valence-corrected chi connectivity index (χ0v) is 12.0. The van der Waals surface area contributed by atoms with Crippen LogP contribution in [0.4, 0.5) is 0 Å². The topological polar surface area (TPSA) is 32.7 Å². The summed E-state index contributed by atoms with van der Waals surface area (Å²) in [5, 5.41) is 9.91. The van der Waals surface area contributed by atoms with Crippen molar-refractivity contribution in [2.24, 2.45) is 5.92 Å². The third-order valence-electron chi connectivity index (χ3n) is 2.76. The van der Waals surface area contributed by atoms with Crippen molar-refractivity contribution in [2.45, 2.75) is 20.1 Å². The van der Waals surface area contributed by atoms with Crippen molar-refractivity contribution in [1.29, 1.82) is 0 Å². The third-order valence-corrected chi connectivity index (χ3v) is 3.38. The molecule has 0 radical (unpaired) electrons. The molecule has 0 bridgehead atoms. The van der Waals surface area contributed by atoms with Crippen molar-refractivity contribution in [3.8, 4) is 5.75 Å². The van der Waals surface area contributed by atoms with Crippen molar-refractivity contribution < 1.29 is 9.84 Å². The fraction of sp³-hybridized carbons (Fsp3) is 0.571. The Hall–Kier alpha value is -0.710. The van der Waals surface area contributed by atoms with Gasteiger partial charge in [-0.25, -0.2) is 0 Å². The first-order chi connectivity index (χ1) is 8.65. The van der Waals surface area contributed by atoms with Gasteiger partial charge in [0.1, 0.15) is 5.75 Å². The lowest BCUT2D eigenvalue weighted by Crippen LogP contribution is -2.38. The van der Waals surface area contributed by atoms with E-state index in [1.807, 2.05) is 30.3 Å². The predicted molar refractivity (Wildman–Crippen MR) is 78.2 cm³/mol. The SMILES string of the molecule is CCN(CC(C)CS)CC(O)Oc1ccccc1. The maximum absolute atomic E-state index is 9.91. The molecule has 0 aliphatic carbocycles. The first-order valence-electron chi connectivity index (χ1n) is 6.38. The van der Waals surface area contributed by atoms with Gasteiger partial charge in [-0.3, -0.25) is 4.90 Å². The molecule has 0 amide bonds. The minimum absolute atomic E-state index is 0.511. The van der Waals surface area contributed by atoms with Crippen LogP contribution >= 0.6 is 12.6 Å². The normalized spacial score (nSPS) is 14.5. The van der Waals surface area contributed by atoms with Crippen LogP contribution in [0.1, 0.15) is 13.8 Å². The number of benzene rings is 1. The monoisotopic (exact) mass is 269 g/mol. The number of aliphatic hydroxyl groups is 1. The fourth-order valence-corrected chi connectivity index (χ4v) is 1.86. The highest BCUT2D eigenvalue weighted by molar-refractivity contribution is 7.80. The molecule has 2 unspecified atom stereocenters. The molecule has 102 valence electrons. The second-order valence-corrected chi connectivity index (χ2v) is 4.89. The number of hydrogen-bond acceptors (Lipinski definition) is 4. The molecule has 1 aromatic carbocycles. The quantitative estimate of drug-likeness (QED) is 0.561. The van der Waals surface area contributed by atoms with E-state index in [2.05, 4.69) is 31.4 Å². The highest BCUT2D eigenvalue weighted by atomic mass is 32.1. The molecule has 0 heterocycles. The Labute approximate surface area is 115 Å². The molecular formula is C14H23NO2S. The number of likely N-dealkylation sites (N-methyl/N-ethyl adjacent to an activating group) is 1. The Morgan fingerprint density at radius 2 is 1.94 bits per heavy atom. The van der Waals surface area contributed by atoms with E-state index in [4.69, 9.17) is 4.74 Å². The van der Waals surface area contributed by atoms with Gasteiger partial charge in [-0.1, -0.05) is 32.0 Å². The van der Waals surface area contributed by atoms with E-state index >= 15 is 0 Å². The van der Waals surface area contributed by atoms with Crippen LogP contribution in [0.3, 0.4) is 0 Å². The summed E-state index contributed by atoms with van der Waals surface area (Å²) in [5.41, 5.74) is 0. The summed E-state index contributed by atoms with van der Waals surface area (Å²) in [4.78, 5) is 2.18. The summed E-state index contributed by atoms with van der Waals surface area (Å²) in [6.07, 6.45) is -0.792. The van der Waals surface area contributed by atoms with Crippen LogP contribution in [0.5, 0.6) is 5.75 Å². The summed E-state index contributed by atoms with van der Waals surface area (Å²) in [7, 11) is 0. The summed E-state index contributed by atoms with van der Waals surface area (Å²) in [6.45, 7) is 6.58. The van der Waals surface area contributed by atoms with E-state index in [0.29, 0.717) is 18.2 Å². The van der Waals surface area contributed by atoms with Crippen molar-refractivity contribution in [1.82, 2.24) is 4.90 Å². The maximum Gasteiger partial charge on any atom is 0.210 e. The van der Waals surface area contributed by atoms with Crippen LogP contribution in [-0.2, 0) is 0 Å². The lowest BCUT2D eigenvalue weighted by molar-refractivity contribution is -0.0416. The van der Waals surface area contributed by atoms with Gasteiger partial charge >= 0.3 is 0 Å². The van der Waals surface area contributed by atoms with Crippen molar-refractivity contribution >= 4 is 12.6 Å². The molecule has 3 nitrogen and oxygen atoms in total. The molecule has 0 aromatic heterocycles. The van der Waals surface area contributed by atoms with E-state index in [0.717, 1.165) is 18.8 Å². The molecule has 0 aliphatic rings. The number of thiol groups is 1. The molecule has 4 heteroatoms. The zero-order chi connectivity index (χ0) is 13.4. The highest BCUT2D eigenvalue weighted by Gasteiger charge is 2.13. The smallest absolute Gasteiger partial charge is 0.210 e. The molecule has 18 heavy (non-hydrogen) atoms. The van der Waals surface area contributed by atoms with Gasteiger partial charge in [0.25, 0.3) is 0 Å². The van der Waals surface area contributed by atoms with Gasteiger partial charge in [0, 0.05) is 6.54 Å². The zero-order valence-electron chi connectivity index (χ0n) is 11.1. The van der Waals surface area contributed by atoms with E-state index in [-0.39, 0.29) is 0 Å². The lowest BCUT2D eigenvalue weighted by atomic mass is 10.2. The summed E-state index contributed by atoms with van der Waals surface area (Å²) in [5.74, 6) is 2.06. The lowest BCUT2D eigenvalue weighted by Gasteiger charge is -2.26. The van der Waals surface area contributed by atoms with E-state index in [1.165, 1.54) is 0 Å². The van der Waals surface area contributed by atoms with Crippen LogP contribution < -0.4 is 4.74 Å². The van der Waals surface area contributed by atoms with Crippen LogP contribution in [0.15, 0.2) is 30.3 Å². The van der Waals surface area contributed by atoms with Crippen LogP contribution in [0.25, 0.3) is 0 Å². The molecule has 0 fully saturated rings. The van der Waals surface area contributed by atoms with Crippen molar-refractivity contribution in [3.63, 3.8) is 0 Å². The van der Waals surface area contributed by atoms with Crippen LogP contribution in [0.2, 0.25) is 0 Å². The van der Waals surface area contributed by atoms with Gasteiger partial charge in [0.15, 0.2) is 0 Å². The Morgan fingerprint density at radius 3 is 2.50 bits per heavy atom. The van der Waals surface area contributed by atoms with E-state index in [1.54, 1.807) is 0 Å². The number of aliphatic hydroxyl groups excluding tert-OH is 1. The number of rotatable bonds is 8. The van der Waals surface area contributed by atoms with Gasteiger partial charge in [0.05, 0.1) is 6.54 Å². The molecule has 1 rings (SSSR count). The first-order valence-corrected chi connectivity index (χ1v) is 7.02. The maximum atomic E-state index is 9.91. The number of ether oxygens (including phenoxy) is 1. The van der Waals surface area contributed by atoms with Gasteiger partial charge in [-0.05, 0) is 30.3 Å². The standard InChI is InChI=1S/C14H23NO2S/c1-3-15(9-12(2)11-18)10-14(16)17-13-7-5-4-6-8-13/h4-8,12,14,16,18H,3,9-11H2,1-2H3. The molecule has 0 spiro atoms. The Morgan fingerprint density at radius 1 is 1.28 bits per heavy atom. The van der Waals surface area contributed by atoms with Crippen molar-refractivity contribution in [3.05, 3.63) is 30.3 Å².